The second-order valence-corrected chi connectivity index (χ2v) is 7.73. The zero-order valence-corrected chi connectivity index (χ0v) is 14.0. The van der Waals surface area contributed by atoms with E-state index in [1.54, 1.807) is 0 Å². The summed E-state index contributed by atoms with van der Waals surface area (Å²) in [6.07, 6.45) is 0. The summed E-state index contributed by atoms with van der Waals surface area (Å²) in [5.74, 6) is 0.749. The summed E-state index contributed by atoms with van der Waals surface area (Å²) in [4.78, 5) is -0.0989. The molecule has 1 heterocycles. The summed E-state index contributed by atoms with van der Waals surface area (Å²) in [7, 11) is -3.72. The maximum atomic E-state index is 12.3. The number of piperidine rings is 1. The average molecular weight is 378 g/mol. The first-order valence-electron chi connectivity index (χ1n) is 5.78. The molecule has 9 heteroatoms. The van der Waals surface area contributed by atoms with Crippen molar-refractivity contribution in [1.82, 2.24) is 10.0 Å². The monoisotopic (exact) mass is 376 g/mol. The van der Waals surface area contributed by atoms with Crippen molar-refractivity contribution in [3.63, 3.8) is 0 Å². The Labute approximate surface area is 138 Å². The molecule has 1 aromatic carbocycles. The zero-order chi connectivity index (χ0) is 13.8. The Morgan fingerprint density at radius 1 is 1.10 bits per heavy atom. The van der Waals surface area contributed by atoms with Crippen LogP contribution in [0.2, 0.25) is 15.1 Å². The highest BCUT2D eigenvalue weighted by Gasteiger charge is 2.54. The van der Waals surface area contributed by atoms with Gasteiger partial charge in [-0.3, -0.25) is 0 Å². The van der Waals surface area contributed by atoms with E-state index >= 15 is 0 Å². The molecule has 1 saturated heterocycles. The number of hydrogen-bond donors (Lipinski definition) is 2. The van der Waals surface area contributed by atoms with Gasteiger partial charge in [-0.25, -0.2) is 13.1 Å². The van der Waals surface area contributed by atoms with E-state index in [2.05, 4.69) is 10.0 Å². The van der Waals surface area contributed by atoms with Gasteiger partial charge in [-0.2, -0.15) is 0 Å². The first kappa shape index (κ1) is 16.6. The molecule has 3 rings (SSSR count). The van der Waals surface area contributed by atoms with E-state index in [1.165, 1.54) is 12.1 Å². The molecule has 4 nitrogen and oxygen atoms in total. The van der Waals surface area contributed by atoms with Crippen molar-refractivity contribution in [2.24, 2.45) is 11.8 Å². The highest BCUT2D eigenvalue weighted by Crippen LogP contribution is 2.43. The van der Waals surface area contributed by atoms with Gasteiger partial charge >= 0.3 is 0 Å². The number of benzene rings is 1. The van der Waals surface area contributed by atoms with Crippen molar-refractivity contribution in [3.8, 4) is 0 Å². The largest absolute Gasteiger partial charge is 0.316 e. The minimum absolute atomic E-state index is 0. The highest BCUT2D eigenvalue weighted by atomic mass is 35.5. The maximum absolute atomic E-state index is 12.3. The predicted molar refractivity (Wildman–Crippen MR) is 82.7 cm³/mol. The van der Waals surface area contributed by atoms with Crippen LogP contribution in [0.25, 0.3) is 0 Å². The van der Waals surface area contributed by atoms with Gasteiger partial charge in [-0.15, -0.1) is 12.4 Å². The molecule has 1 aromatic rings. The fourth-order valence-corrected chi connectivity index (χ4v) is 5.50. The van der Waals surface area contributed by atoms with E-state index in [1.807, 2.05) is 0 Å². The number of halogens is 4. The molecule has 0 aromatic heterocycles. The van der Waals surface area contributed by atoms with Crippen molar-refractivity contribution < 1.29 is 8.42 Å². The maximum Gasteiger partial charge on any atom is 0.243 e. The molecular weight excluding hydrogens is 366 g/mol. The Balaban J connectivity index is 0.00000147. The molecule has 0 spiro atoms. The number of fused-ring (bicyclic) bond motifs is 1. The second kappa shape index (κ2) is 5.80. The van der Waals surface area contributed by atoms with Gasteiger partial charge in [0.1, 0.15) is 4.90 Å². The Morgan fingerprint density at radius 2 is 1.60 bits per heavy atom. The quantitative estimate of drug-likeness (QED) is 0.850. The first-order chi connectivity index (χ1) is 8.90. The molecule has 1 aliphatic carbocycles. The molecule has 2 atom stereocenters. The summed E-state index contributed by atoms with van der Waals surface area (Å²) in [5, 5.41) is 3.58. The van der Waals surface area contributed by atoms with Crippen LogP contribution in [0.3, 0.4) is 0 Å². The van der Waals surface area contributed by atoms with Crippen molar-refractivity contribution in [1.29, 1.82) is 0 Å². The zero-order valence-electron chi connectivity index (χ0n) is 10.1. The molecule has 20 heavy (non-hydrogen) atoms. The van der Waals surface area contributed by atoms with E-state index in [9.17, 15) is 8.42 Å². The number of rotatable bonds is 3. The van der Waals surface area contributed by atoms with Gasteiger partial charge in [0.15, 0.2) is 0 Å². The summed E-state index contributed by atoms with van der Waals surface area (Å²) in [5.41, 5.74) is 0. The van der Waals surface area contributed by atoms with E-state index in [0.29, 0.717) is 16.9 Å². The van der Waals surface area contributed by atoms with Crippen LogP contribution in [-0.4, -0.2) is 27.5 Å². The molecule has 2 fully saturated rings. The summed E-state index contributed by atoms with van der Waals surface area (Å²) < 4.78 is 27.3. The van der Waals surface area contributed by atoms with Crippen LogP contribution in [0.4, 0.5) is 0 Å². The first-order valence-corrected chi connectivity index (χ1v) is 8.39. The van der Waals surface area contributed by atoms with Crippen molar-refractivity contribution in [3.05, 3.63) is 27.2 Å². The lowest BCUT2D eigenvalue weighted by atomic mass is 10.4. The standard InChI is InChI=1S/C11H11Cl3N2O2S.ClH/c12-5-1-8(13)11(9(14)2-5)19(17,18)16-10-6-3-15-4-7(6)10;/h1-2,6-7,10,15-16H,3-4H2;1H. The van der Waals surface area contributed by atoms with Crippen molar-refractivity contribution in [2.75, 3.05) is 13.1 Å². The third kappa shape index (κ3) is 2.90. The SMILES string of the molecule is Cl.O=S(=O)(NC1C2CNCC21)c1c(Cl)cc(Cl)cc1Cl. The van der Waals surface area contributed by atoms with Crippen LogP contribution in [-0.2, 0) is 10.0 Å². The van der Waals surface area contributed by atoms with Crippen LogP contribution in [0.15, 0.2) is 17.0 Å². The van der Waals surface area contributed by atoms with Crippen LogP contribution >= 0.6 is 47.2 Å². The molecule has 1 saturated carbocycles. The van der Waals surface area contributed by atoms with Gasteiger partial charge < -0.3 is 5.32 Å². The summed E-state index contributed by atoms with van der Waals surface area (Å²) >= 11 is 17.7. The van der Waals surface area contributed by atoms with Crippen LogP contribution < -0.4 is 10.0 Å². The van der Waals surface area contributed by atoms with E-state index < -0.39 is 10.0 Å². The van der Waals surface area contributed by atoms with E-state index in [4.69, 9.17) is 34.8 Å². The van der Waals surface area contributed by atoms with Crippen molar-refractivity contribution >= 4 is 57.2 Å². The highest BCUT2D eigenvalue weighted by molar-refractivity contribution is 7.89. The number of nitrogens with one attached hydrogen (secondary N) is 2. The lowest BCUT2D eigenvalue weighted by Gasteiger charge is -2.12. The minimum atomic E-state index is -3.72. The third-order valence-corrected chi connectivity index (χ3v) is 6.21. The summed E-state index contributed by atoms with van der Waals surface area (Å²) in [6, 6.07) is 2.73. The molecule has 2 N–H and O–H groups in total. The lowest BCUT2D eigenvalue weighted by Crippen LogP contribution is -2.32. The smallest absolute Gasteiger partial charge is 0.243 e. The van der Waals surface area contributed by atoms with Gasteiger partial charge in [0.25, 0.3) is 0 Å². The summed E-state index contributed by atoms with van der Waals surface area (Å²) in [6.45, 7) is 1.69. The third-order valence-electron chi connectivity index (χ3n) is 3.61. The Morgan fingerprint density at radius 3 is 2.10 bits per heavy atom. The molecule has 0 bridgehead atoms. The van der Waals surface area contributed by atoms with E-state index in [0.717, 1.165) is 13.1 Å². The van der Waals surface area contributed by atoms with Gasteiger partial charge in [0.2, 0.25) is 10.0 Å². The van der Waals surface area contributed by atoms with Crippen LogP contribution in [0.1, 0.15) is 0 Å². The molecule has 0 amide bonds. The van der Waals surface area contributed by atoms with Gasteiger partial charge in [0.05, 0.1) is 10.0 Å². The molecule has 1 aliphatic heterocycles. The molecule has 2 aliphatic rings. The second-order valence-electron chi connectivity index (χ2n) is 4.83. The normalized spacial score (nSPS) is 27.9. The van der Waals surface area contributed by atoms with Gasteiger partial charge in [-0.05, 0) is 37.1 Å². The van der Waals surface area contributed by atoms with Gasteiger partial charge in [-0.1, -0.05) is 34.8 Å². The Kier molecular flexibility index (Phi) is 4.82. The number of hydrogen-bond acceptors (Lipinski definition) is 3. The predicted octanol–water partition coefficient (Wildman–Crippen LogP) is 2.56. The average Bonchev–Trinajstić information content (AvgIpc) is 2.71. The van der Waals surface area contributed by atoms with Crippen LogP contribution in [0.5, 0.6) is 0 Å². The molecule has 0 radical (unpaired) electrons. The topological polar surface area (TPSA) is 58.2 Å². The van der Waals surface area contributed by atoms with Crippen molar-refractivity contribution in [2.45, 2.75) is 10.9 Å². The lowest BCUT2D eigenvalue weighted by molar-refractivity contribution is 0.565. The molecular formula is C11H12Cl4N2O2S. The van der Waals surface area contributed by atoms with Gasteiger partial charge in [0, 0.05) is 11.1 Å². The number of sulfonamides is 1. The Hall–Kier alpha value is 0.250. The van der Waals surface area contributed by atoms with E-state index in [-0.39, 0.29) is 33.4 Å². The Bertz CT molecular complexity index is 604. The fraction of sp³-hybridized carbons (Fsp3) is 0.455. The fourth-order valence-electron chi connectivity index (χ4n) is 2.62. The molecule has 2 unspecified atom stereocenters. The minimum Gasteiger partial charge on any atom is -0.316 e. The molecule has 112 valence electrons. The van der Waals surface area contributed by atoms with Crippen LogP contribution in [0, 0.1) is 11.8 Å².